The second-order valence-electron chi connectivity index (χ2n) is 12.0. The van der Waals surface area contributed by atoms with Crippen molar-refractivity contribution in [2.24, 2.45) is 0 Å². The van der Waals surface area contributed by atoms with Gasteiger partial charge in [0.05, 0.1) is 0 Å². The Kier molecular flexibility index (Phi) is 7.78. The largest absolute Gasteiger partial charge is 0.367 e. The summed E-state index contributed by atoms with van der Waals surface area (Å²) >= 11 is 0. The molecule has 0 saturated heterocycles. The summed E-state index contributed by atoms with van der Waals surface area (Å²) in [6, 6.07) is 45.5. The van der Waals surface area contributed by atoms with Gasteiger partial charge in [0.15, 0.2) is 0 Å². The van der Waals surface area contributed by atoms with Crippen molar-refractivity contribution in [3.05, 3.63) is 166 Å². The molecular weight excluding hydrogens is 508 g/mol. The maximum Gasteiger partial charge on any atom is 0.0432 e. The van der Waals surface area contributed by atoms with Gasteiger partial charge in [0.2, 0.25) is 0 Å². The molecule has 2 aliphatic heterocycles. The second-order valence-corrected chi connectivity index (χ2v) is 12.0. The van der Waals surface area contributed by atoms with Crippen LogP contribution in [-0.2, 0) is 51.6 Å². The van der Waals surface area contributed by atoms with Crippen LogP contribution in [-0.4, -0.2) is 13.1 Å². The Balaban J connectivity index is 0.878. The Morgan fingerprint density at radius 2 is 0.667 bits per heavy atom. The third-order valence-corrected chi connectivity index (χ3v) is 9.29. The Bertz CT molecular complexity index is 1490. The number of nitrogens with zero attached hydrogens (tertiary/aromatic N) is 2. The van der Waals surface area contributed by atoms with E-state index in [1.807, 2.05) is 0 Å². The lowest BCUT2D eigenvalue weighted by Gasteiger charge is -2.30. The molecular formula is C40H40N2. The van der Waals surface area contributed by atoms with Crippen LogP contribution < -0.4 is 9.80 Å². The van der Waals surface area contributed by atoms with Crippen molar-refractivity contribution < 1.29 is 0 Å². The summed E-state index contributed by atoms with van der Waals surface area (Å²) in [7, 11) is 0. The maximum absolute atomic E-state index is 2.51. The minimum Gasteiger partial charge on any atom is -0.367 e. The van der Waals surface area contributed by atoms with E-state index in [4.69, 9.17) is 0 Å². The quantitative estimate of drug-likeness (QED) is 0.192. The number of benzene rings is 5. The van der Waals surface area contributed by atoms with Gasteiger partial charge in [0.25, 0.3) is 0 Å². The van der Waals surface area contributed by atoms with Gasteiger partial charge in [0, 0.05) is 37.6 Å². The summed E-state index contributed by atoms with van der Waals surface area (Å²) in [6.07, 6.45) is 6.59. The van der Waals surface area contributed by atoms with Gasteiger partial charge in [-0.2, -0.15) is 0 Å². The molecule has 0 bridgehead atoms. The van der Waals surface area contributed by atoms with E-state index in [9.17, 15) is 0 Å². The number of fused-ring (bicyclic) bond motifs is 2. The highest BCUT2D eigenvalue weighted by Crippen LogP contribution is 2.26. The van der Waals surface area contributed by atoms with E-state index >= 15 is 0 Å². The first-order chi connectivity index (χ1) is 20.8. The van der Waals surface area contributed by atoms with Gasteiger partial charge in [-0.05, 0) is 107 Å². The Hall–Kier alpha value is -4.30. The van der Waals surface area contributed by atoms with Crippen molar-refractivity contribution in [1.29, 1.82) is 0 Å². The van der Waals surface area contributed by atoms with Crippen molar-refractivity contribution in [2.45, 2.75) is 51.6 Å². The zero-order chi connectivity index (χ0) is 28.1. The molecule has 7 rings (SSSR count). The molecule has 210 valence electrons. The molecule has 0 aromatic heterocycles. The Labute approximate surface area is 251 Å². The molecule has 0 aliphatic carbocycles. The fourth-order valence-corrected chi connectivity index (χ4v) is 6.63. The predicted molar refractivity (Wildman–Crippen MR) is 177 cm³/mol. The van der Waals surface area contributed by atoms with E-state index in [2.05, 4.69) is 131 Å². The summed E-state index contributed by atoms with van der Waals surface area (Å²) in [5.74, 6) is 0. The minimum atomic E-state index is 1.02. The van der Waals surface area contributed by atoms with Crippen LogP contribution in [0, 0.1) is 0 Å². The van der Waals surface area contributed by atoms with Gasteiger partial charge in [-0.3, -0.25) is 0 Å². The third kappa shape index (κ3) is 6.14. The second kappa shape index (κ2) is 12.3. The van der Waals surface area contributed by atoms with Crippen LogP contribution >= 0.6 is 0 Å². The van der Waals surface area contributed by atoms with Crippen molar-refractivity contribution in [2.75, 3.05) is 22.9 Å². The molecule has 0 radical (unpaired) electrons. The van der Waals surface area contributed by atoms with E-state index in [1.165, 1.54) is 55.9 Å². The first-order valence-corrected chi connectivity index (χ1v) is 15.7. The number of aryl methyl sites for hydroxylation is 4. The lowest BCUT2D eigenvalue weighted by molar-refractivity contribution is 0.731. The number of hydrogen-bond donors (Lipinski definition) is 0. The smallest absolute Gasteiger partial charge is 0.0432 e. The molecule has 0 N–H and O–H groups in total. The molecule has 2 aliphatic rings. The maximum atomic E-state index is 2.51. The number of hydrogen-bond acceptors (Lipinski definition) is 2. The van der Waals surface area contributed by atoms with E-state index in [0.717, 1.165) is 64.7 Å². The fourth-order valence-electron chi connectivity index (χ4n) is 6.63. The van der Waals surface area contributed by atoms with Gasteiger partial charge in [-0.1, -0.05) is 97.1 Å². The molecule has 2 nitrogen and oxygen atoms in total. The highest BCUT2D eigenvalue weighted by Gasteiger charge is 2.17. The lowest BCUT2D eigenvalue weighted by atomic mass is 9.98. The molecule has 0 saturated carbocycles. The van der Waals surface area contributed by atoms with Crippen molar-refractivity contribution in [3.8, 4) is 0 Å². The molecule has 2 heterocycles. The summed E-state index contributed by atoms with van der Waals surface area (Å²) < 4.78 is 0. The molecule has 0 amide bonds. The van der Waals surface area contributed by atoms with Crippen LogP contribution in [0.25, 0.3) is 0 Å². The number of rotatable bonds is 8. The van der Waals surface area contributed by atoms with Crippen molar-refractivity contribution >= 4 is 11.4 Å². The highest BCUT2D eigenvalue weighted by molar-refractivity contribution is 5.52. The molecule has 5 aromatic rings. The standard InChI is InChI=1S/C40H40N2/c1-3-7-37-29-41(27-25-35(37)5-1)39-21-17-33(18-22-39)15-13-31-9-11-32(12-10-31)14-16-34-19-23-40(24-20-34)42-28-26-36-6-2-4-8-38(36)30-42/h1-12,17-24H,13-16,25-30H2. The van der Waals surface area contributed by atoms with E-state index in [1.54, 1.807) is 0 Å². The van der Waals surface area contributed by atoms with Crippen molar-refractivity contribution in [1.82, 2.24) is 0 Å². The summed E-state index contributed by atoms with van der Waals surface area (Å²) in [5.41, 5.74) is 14.3. The molecule has 0 atom stereocenters. The first kappa shape index (κ1) is 26.6. The van der Waals surface area contributed by atoms with Gasteiger partial charge in [-0.25, -0.2) is 0 Å². The molecule has 0 spiro atoms. The summed E-state index contributed by atoms with van der Waals surface area (Å²) in [4.78, 5) is 5.01. The lowest BCUT2D eigenvalue weighted by Crippen LogP contribution is -2.30. The van der Waals surface area contributed by atoms with Gasteiger partial charge >= 0.3 is 0 Å². The van der Waals surface area contributed by atoms with Gasteiger partial charge < -0.3 is 9.80 Å². The van der Waals surface area contributed by atoms with E-state index in [0.29, 0.717) is 0 Å². The monoisotopic (exact) mass is 548 g/mol. The topological polar surface area (TPSA) is 6.48 Å². The van der Waals surface area contributed by atoms with Crippen molar-refractivity contribution in [3.63, 3.8) is 0 Å². The molecule has 42 heavy (non-hydrogen) atoms. The van der Waals surface area contributed by atoms with Gasteiger partial charge in [-0.15, -0.1) is 0 Å². The normalized spacial score (nSPS) is 14.4. The summed E-state index contributed by atoms with van der Waals surface area (Å²) in [6.45, 7) is 4.23. The van der Waals surface area contributed by atoms with Crippen LogP contribution in [0.5, 0.6) is 0 Å². The Morgan fingerprint density at radius 1 is 0.357 bits per heavy atom. The first-order valence-electron chi connectivity index (χ1n) is 15.7. The summed E-state index contributed by atoms with van der Waals surface area (Å²) in [5, 5.41) is 0. The van der Waals surface area contributed by atoms with Crippen LogP contribution in [0.3, 0.4) is 0 Å². The molecule has 0 fully saturated rings. The fraction of sp³-hybridized carbons (Fsp3) is 0.250. The minimum absolute atomic E-state index is 1.02. The van der Waals surface area contributed by atoms with E-state index in [-0.39, 0.29) is 0 Å². The van der Waals surface area contributed by atoms with Gasteiger partial charge in [0.1, 0.15) is 0 Å². The van der Waals surface area contributed by atoms with Crippen LogP contribution in [0.2, 0.25) is 0 Å². The SMILES string of the molecule is c1ccc2c(c1)CCN(c1ccc(CCc3ccc(CCc4ccc(N5CCc6ccccc6C5)cc4)cc3)cc1)C2. The Morgan fingerprint density at radius 3 is 1.02 bits per heavy atom. The van der Waals surface area contributed by atoms with Crippen LogP contribution in [0.4, 0.5) is 11.4 Å². The molecule has 5 aromatic carbocycles. The van der Waals surface area contributed by atoms with Crippen LogP contribution in [0.15, 0.2) is 121 Å². The van der Waals surface area contributed by atoms with Crippen LogP contribution in [0.1, 0.15) is 44.5 Å². The zero-order valence-electron chi connectivity index (χ0n) is 24.5. The predicted octanol–water partition coefficient (Wildman–Crippen LogP) is 8.38. The average molecular weight is 549 g/mol. The zero-order valence-corrected chi connectivity index (χ0v) is 24.5. The third-order valence-electron chi connectivity index (χ3n) is 9.29. The highest BCUT2D eigenvalue weighted by atomic mass is 15.1. The average Bonchev–Trinajstić information content (AvgIpc) is 3.07. The van der Waals surface area contributed by atoms with E-state index < -0.39 is 0 Å². The number of anilines is 2. The molecule has 2 heteroatoms. The molecule has 0 unspecified atom stereocenters.